The number of H-pyrrole nitrogens is 1. The highest BCUT2D eigenvalue weighted by Crippen LogP contribution is 2.27. The van der Waals surface area contributed by atoms with Crippen LogP contribution in [0.2, 0.25) is 0 Å². The van der Waals surface area contributed by atoms with Gasteiger partial charge in [0.05, 0.1) is 18.3 Å². The van der Waals surface area contributed by atoms with Crippen molar-refractivity contribution in [3.8, 4) is 11.4 Å². The number of hydrogen-bond donors (Lipinski definition) is 3. The van der Waals surface area contributed by atoms with Crippen LogP contribution < -0.4 is 5.32 Å². The van der Waals surface area contributed by atoms with E-state index in [1.807, 2.05) is 12.1 Å². The van der Waals surface area contributed by atoms with Crippen LogP contribution in [0.4, 0.5) is 10.2 Å². The van der Waals surface area contributed by atoms with Gasteiger partial charge < -0.3 is 15.4 Å². The maximum absolute atomic E-state index is 14.1. The molecular formula is C17H18FN5O. The highest BCUT2D eigenvalue weighted by atomic mass is 19.1. The standard InChI is InChI=1S/C17H18FN5O/c18-12-9-21-16(11-8-20-15-10(11)4-3-7-19-15)23-17(12)22-13-5-1-2-6-14(13)24/h3-4,7-9,13-14,24H,1-2,5-6H2,(H,19,20)(H,21,22,23)/t13-,14+/m1/s1. The first-order chi connectivity index (χ1) is 11.7. The molecule has 4 rings (SSSR count). The lowest BCUT2D eigenvalue weighted by Crippen LogP contribution is -2.36. The molecule has 124 valence electrons. The second-order valence-electron chi connectivity index (χ2n) is 6.09. The number of halogens is 1. The van der Waals surface area contributed by atoms with Crippen LogP contribution in [0, 0.1) is 5.82 Å². The quantitative estimate of drug-likeness (QED) is 0.688. The van der Waals surface area contributed by atoms with Gasteiger partial charge in [-0.05, 0) is 25.0 Å². The van der Waals surface area contributed by atoms with E-state index >= 15 is 0 Å². The van der Waals surface area contributed by atoms with E-state index in [1.54, 1.807) is 12.4 Å². The first-order valence-electron chi connectivity index (χ1n) is 8.12. The van der Waals surface area contributed by atoms with Crippen LogP contribution in [0.3, 0.4) is 0 Å². The number of aromatic nitrogens is 4. The van der Waals surface area contributed by atoms with E-state index in [0.29, 0.717) is 5.82 Å². The highest BCUT2D eigenvalue weighted by molar-refractivity contribution is 5.91. The van der Waals surface area contributed by atoms with Crippen LogP contribution in [0.15, 0.2) is 30.7 Å². The molecule has 7 heteroatoms. The molecule has 0 spiro atoms. The van der Waals surface area contributed by atoms with E-state index in [2.05, 4.69) is 25.3 Å². The fourth-order valence-corrected chi connectivity index (χ4v) is 3.19. The number of rotatable bonds is 3. The predicted octanol–water partition coefficient (Wildman–Crippen LogP) is 2.87. The molecule has 0 radical (unpaired) electrons. The summed E-state index contributed by atoms with van der Waals surface area (Å²) in [5.41, 5.74) is 1.50. The summed E-state index contributed by atoms with van der Waals surface area (Å²) < 4.78 is 14.1. The number of aliphatic hydroxyl groups excluding tert-OH is 1. The zero-order valence-electron chi connectivity index (χ0n) is 13.0. The number of anilines is 1. The Labute approximate surface area is 138 Å². The molecule has 6 nitrogen and oxygen atoms in total. The number of fused-ring (bicyclic) bond motifs is 1. The number of nitrogens with zero attached hydrogens (tertiary/aromatic N) is 3. The van der Waals surface area contributed by atoms with E-state index in [4.69, 9.17) is 0 Å². The van der Waals surface area contributed by atoms with E-state index in [-0.39, 0.29) is 11.9 Å². The van der Waals surface area contributed by atoms with Gasteiger partial charge in [0.25, 0.3) is 0 Å². The maximum Gasteiger partial charge on any atom is 0.183 e. The summed E-state index contributed by atoms with van der Waals surface area (Å²) in [5.74, 6) is 0.0297. The molecule has 3 N–H and O–H groups in total. The second-order valence-corrected chi connectivity index (χ2v) is 6.09. The molecule has 0 amide bonds. The number of pyridine rings is 1. The minimum atomic E-state index is -0.519. The summed E-state index contributed by atoms with van der Waals surface area (Å²) in [6, 6.07) is 3.57. The highest BCUT2D eigenvalue weighted by Gasteiger charge is 2.24. The third-order valence-electron chi connectivity index (χ3n) is 4.49. The Morgan fingerprint density at radius 2 is 2.12 bits per heavy atom. The topological polar surface area (TPSA) is 86.7 Å². The van der Waals surface area contributed by atoms with Crippen molar-refractivity contribution in [1.82, 2.24) is 19.9 Å². The third kappa shape index (κ3) is 2.71. The van der Waals surface area contributed by atoms with Crippen LogP contribution in [-0.2, 0) is 0 Å². The Morgan fingerprint density at radius 3 is 3.00 bits per heavy atom. The van der Waals surface area contributed by atoms with Crippen molar-refractivity contribution in [2.75, 3.05) is 5.32 Å². The summed E-state index contributed by atoms with van der Waals surface area (Å²) >= 11 is 0. The minimum absolute atomic E-state index is 0.129. The summed E-state index contributed by atoms with van der Waals surface area (Å²) in [5, 5.41) is 14.0. The zero-order chi connectivity index (χ0) is 16.5. The lowest BCUT2D eigenvalue weighted by Gasteiger charge is -2.28. The van der Waals surface area contributed by atoms with Crippen molar-refractivity contribution in [3.05, 3.63) is 36.5 Å². The van der Waals surface area contributed by atoms with Gasteiger partial charge in [0.15, 0.2) is 17.5 Å². The van der Waals surface area contributed by atoms with Crippen molar-refractivity contribution in [1.29, 1.82) is 0 Å². The van der Waals surface area contributed by atoms with Gasteiger partial charge in [0.1, 0.15) is 5.65 Å². The van der Waals surface area contributed by atoms with Crippen molar-refractivity contribution < 1.29 is 9.50 Å². The van der Waals surface area contributed by atoms with Crippen LogP contribution in [0.5, 0.6) is 0 Å². The van der Waals surface area contributed by atoms with Crippen LogP contribution in [-0.4, -0.2) is 37.2 Å². The largest absolute Gasteiger partial charge is 0.391 e. The molecule has 1 saturated carbocycles. The maximum atomic E-state index is 14.1. The first-order valence-corrected chi connectivity index (χ1v) is 8.12. The molecule has 0 aromatic carbocycles. The molecule has 0 bridgehead atoms. The Kier molecular flexibility index (Phi) is 3.86. The fraction of sp³-hybridized carbons (Fsp3) is 0.353. The van der Waals surface area contributed by atoms with Crippen molar-refractivity contribution in [3.63, 3.8) is 0 Å². The van der Waals surface area contributed by atoms with Gasteiger partial charge in [-0.25, -0.2) is 19.3 Å². The molecule has 1 aliphatic carbocycles. The number of hydrogen-bond acceptors (Lipinski definition) is 5. The molecular weight excluding hydrogens is 309 g/mol. The molecule has 0 unspecified atom stereocenters. The van der Waals surface area contributed by atoms with E-state index in [1.165, 1.54) is 0 Å². The average Bonchev–Trinajstić information content (AvgIpc) is 3.03. The predicted molar refractivity (Wildman–Crippen MR) is 89.0 cm³/mol. The molecule has 1 fully saturated rings. The van der Waals surface area contributed by atoms with Crippen molar-refractivity contribution in [2.45, 2.75) is 37.8 Å². The zero-order valence-corrected chi connectivity index (χ0v) is 13.0. The number of aliphatic hydroxyl groups is 1. The Morgan fingerprint density at radius 1 is 1.25 bits per heavy atom. The molecule has 3 heterocycles. The van der Waals surface area contributed by atoms with Crippen LogP contribution >= 0.6 is 0 Å². The number of aromatic amines is 1. The molecule has 3 aromatic rings. The summed E-state index contributed by atoms with van der Waals surface area (Å²) in [7, 11) is 0. The van der Waals surface area contributed by atoms with Gasteiger partial charge in [-0.15, -0.1) is 0 Å². The second kappa shape index (κ2) is 6.16. The summed E-state index contributed by atoms with van der Waals surface area (Å²) in [6.45, 7) is 0. The molecule has 1 aliphatic rings. The normalized spacial score (nSPS) is 21.1. The van der Waals surface area contributed by atoms with Gasteiger partial charge >= 0.3 is 0 Å². The number of nitrogens with one attached hydrogen (secondary N) is 2. The van der Waals surface area contributed by atoms with E-state index in [9.17, 15) is 9.50 Å². The van der Waals surface area contributed by atoms with Gasteiger partial charge in [0, 0.05) is 23.3 Å². The minimum Gasteiger partial charge on any atom is -0.391 e. The lowest BCUT2D eigenvalue weighted by atomic mass is 9.92. The lowest BCUT2D eigenvalue weighted by molar-refractivity contribution is 0.116. The van der Waals surface area contributed by atoms with Gasteiger partial charge in [0.2, 0.25) is 0 Å². The van der Waals surface area contributed by atoms with Crippen molar-refractivity contribution in [2.24, 2.45) is 0 Å². The van der Waals surface area contributed by atoms with Crippen molar-refractivity contribution >= 4 is 16.9 Å². The smallest absolute Gasteiger partial charge is 0.183 e. The molecule has 3 aromatic heterocycles. The Hall–Kier alpha value is -2.54. The Balaban J connectivity index is 1.68. The van der Waals surface area contributed by atoms with Crippen LogP contribution in [0.25, 0.3) is 22.4 Å². The molecule has 0 aliphatic heterocycles. The average molecular weight is 327 g/mol. The van der Waals surface area contributed by atoms with Crippen LogP contribution in [0.1, 0.15) is 25.7 Å². The van der Waals surface area contributed by atoms with E-state index in [0.717, 1.165) is 48.5 Å². The Bertz CT molecular complexity index is 865. The molecule has 24 heavy (non-hydrogen) atoms. The SMILES string of the molecule is O[C@H]1CCCC[C@H]1Nc1nc(-c2c[nH]c3ncccc23)ncc1F. The first kappa shape index (κ1) is 15.0. The van der Waals surface area contributed by atoms with Gasteiger partial charge in [-0.1, -0.05) is 12.8 Å². The summed E-state index contributed by atoms with van der Waals surface area (Å²) in [4.78, 5) is 15.7. The fourth-order valence-electron chi connectivity index (χ4n) is 3.19. The summed E-state index contributed by atoms with van der Waals surface area (Å²) in [6.07, 6.45) is 7.70. The monoisotopic (exact) mass is 327 g/mol. The molecule has 2 atom stereocenters. The third-order valence-corrected chi connectivity index (χ3v) is 4.49. The molecule has 0 saturated heterocycles. The van der Waals surface area contributed by atoms with Gasteiger partial charge in [-0.2, -0.15) is 0 Å². The van der Waals surface area contributed by atoms with Gasteiger partial charge in [-0.3, -0.25) is 0 Å². The van der Waals surface area contributed by atoms with E-state index < -0.39 is 11.9 Å².